The topological polar surface area (TPSA) is 41.5 Å². The van der Waals surface area contributed by atoms with E-state index in [1.54, 1.807) is 19.2 Å². The number of phenolic OH excluding ortho intramolecular Hbond substituents is 1. The highest BCUT2D eigenvalue weighted by molar-refractivity contribution is 9.11. The Bertz CT molecular complexity index is 562. The van der Waals surface area contributed by atoms with Crippen LogP contribution in [0.5, 0.6) is 11.5 Å². The molecule has 2 N–H and O–H groups in total. The summed E-state index contributed by atoms with van der Waals surface area (Å²) in [6, 6.07) is 11.3. The van der Waals surface area contributed by atoms with Gasteiger partial charge >= 0.3 is 0 Å². The Balaban J connectivity index is 1.96. The zero-order valence-corrected chi connectivity index (χ0v) is 14.2. The first-order valence-electron chi connectivity index (χ1n) is 6.10. The van der Waals surface area contributed by atoms with E-state index in [0.717, 1.165) is 38.9 Å². The van der Waals surface area contributed by atoms with Gasteiger partial charge in [-0.25, -0.2) is 0 Å². The van der Waals surface area contributed by atoms with E-state index >= 15 is 0 Å². The van der Waals surface area contributed by atoms with Gasteiger partial charge in [-0.15, -0.1) is 0 Å². The molecule has 0 aliphatic carbocycles. The van der Waals surface area contributed by atoms with Crippen LogP contribution in [0.2, 0.25) is 0 Å². The van der Waals surface area contributed by atoms with Crippen molar-refractivity contribution in [3.63, 3.8) is 0 Å². The third-order valence-electron chi connectivity index (χ3n) is 2.86. The minimum absolute atomic E-state index is 0.289. The largest absolute Gasteiger partial charge is 0.508 e. The first kappa shape index (κ1) is 15.4. The van der Waals surface area contributed by atoms with Crippen LogP contribution in [0, 0.1) is 0 Å². The van der Waals surface area contributed by atoms with Crippen molar-refractivity contribution in [2.75, 3.05) is 7.11 Å². The normalized spacial score (nSPS) is 10.6. The van der Waals surface area contributed by atoms with E-state index in [9.17, 15) is 5.11 Å². The molecule has 0 bridgehead atoms. The molecule has 0 atom stereocenters. The van der Waals surface area contributed by atoms with Crippen molar-refractivity contribution in [2.45, 2.75) is 13.1 Å². The molecule has 0 amide bonds. The Morgan fingerprint density at radius 1 is 1.00 bits per heavy atom. The first-order valence-corrected chi connectivity index (χ1v) is 7.69. The van der Waals surface area contributed by atoms with Crippen LogP contribution in [0.4, 0.5) is 0 Å². The smallest absolute Gasteiger partial charge is 0.147 e. The Labute approximate surface area is 135 Å². The molecule has 0 aromatic heterocycles. The van der Waals surface area contributed by atoms with Crippen molar-refractivity contribution in [1.29, 1.82) is 0 Å². The molecule has 20 heavy (non-hydrogen) atoms. The number of nitrogens with one attached hydrogen (secondary N) is 1. The fourth-order valence-corrected chi connectivity index (χ4v) is 3.48. The standard InChI is InChI=1S/C15H15Br2NO2/c1-20-15-13(16)6-11(7-14(15)17)9-18-8-10-2-4-12(19)5-3-10/h2-7,18-19H,8-9H2,1H3. The molecule has 0 unspecified atom stereocenters. The van der Waals surface area contributed by atoms with Gasteiger partial charge in [0.1, 0.15) is 11.5 Å². The molecule has 0 aliphatic heterocycles. The minimum Gasteiger partial charge on any atom is -0.508 e. The summed E-state index contributed by atoms with van der Waals surface area (Å²) in [6.07, 6.45) is 0. The lowest BCUT2D eigenvalue weighted by atomic mass is 10.2. The Hall–Kier alpha value is -1.04. The van der Waals surface area contributed by atoms with Crippen LogP contribution in [0.15, 0.2) is 45.3 Å². The van der Waals surface area contributed by atoms with Crippen LogP contribution in [-0.2, 0) is 13.1 Å². The maximum atomic E-state index is 9.23. The number of methoxy groups -OCH3 is 1. The molecule has 0 fully saturated rings. The number of hydrogen-bond donors (Lipinski definition) is 2. The maximum Gasteiger partial charge on any atom is 0.147 e. The van der Waals surface area contributed by atoms with Gasteiger partial charge in [-0.3, -0.25) is 0 Å². The van der Waals surface area contributed by atoms with Crippen LogP contribution in [0.1, 0.15) is 11.1 Å². The lowest BCUT2D eigenvalue weighted by Gasteiger charge is -2.10. The van der Waals surface area contributed by atoms with Crippen molar-refractivity contribution >= 4 is 31.9 Å². The molecule has 3 nitrogen and oxygen atoms in total. The lowest BCUT2D eigenvalue weighted by molar-refractivity contribution is 0.409. The van der Waals surface area contributed by atoms with Gasteiger partial charge in [-0.1, -0.05) is 12.1 Å². The molecule has 0 saturated carbocycles. The van der Waals surface area contributed by atoms with E-state index in [0.29, 0.717) is 0 Å². The highest BCUT2D eigenvalue weighted by Crippen LogP contribution is 2.34. The van der Waals surface area contributed by atoms with E-state index in [4.69, 9.17) is 4.74 Å². The fourth-order valence-electron chi connectivity index (χ4n) is 1.87. The van der Waals surface area contributed by atoms with Gasteiger partial charge in [0, 0.05) is 13.1 Å². The van der Waals surface area contributed by atoms with E-state index in [2.05, 4.69) is 37.2 Å². The van der Waals surface area contributed by atoms with Gasteiger partial charge in [0.05, 0.1) is 16.1 Å². The Kier molecular flexibility index (Phi) is 5.46. The average Bonchev–Trinajstić information content (AvgIpc) is 2.41. The summed E-state index contributed by atoms with van der Waals surface area (Å²) >= 11 is 6.98. The van der Waals surface area contributed by atoms with Gasteiger partial charge in [0.2, 0.25) is 0 Å². The molecule has 0 radical (unpaired) electrons. The van der Waals surface area contributed by atoms with Crippen LogP contribution >= 0.6 is 31.9 Å². The number of rotatable bonds is 5. The van der Waals surface area contributed by atoms with Crippen LogP contribution in [0.3, 0.4) is 0 Å². The summed E-state index contributed by atoms with van der Waals surface area (Å²) in [4.78, 5) is 0. The molecular formula is C15H15Br2NO2. The average molecular weight is 401 g/mol. The highest BCUT2D eigenvalue weighted by Gasteiger charge is 2.07. The van der Waals surface area contributed by atoms with Crippen LogP contribution < -0.4 is 10.1 Å². The van der Waals surface area contributed by atoms with Gasteiger partial charge in [0.15, 0.2) is 0 Å². The number of aromatic hydroxyl groups is 1. The number of hydrogen-bond acceptors (Lipinski definition) is 3. The highest BCUT2D eigenvalue weighted by atomic mass is 79.9. The Morgan fingerprint density at radius 3 is 2.10 bits per heavy atom. The first-order chi connectivity index (χ1) is 9.60. The van der Waals surface area contributed by atoms with E-state index < -0.39 is 0 Å². The van der Waals surface area contributed by atoms with E-state index in [-0.39, 0.29) is 5.75 Å². The number of benzene rings is 2. The summed E-state index contributed by atoms with van der Waals surface area (Å²) in [5.74, 6) is 1.09. The fraction of sp³-hybridized carbons (Fsp3) is 0.200. The third kappa shape index (κ3) is 3.98. The molecule has 2 rings (SSSR count). The molecular weight excluding hydrogens is 386 g/mol. The van der Waals surface area contributed by atoms with E-state index in [1.807, 2.05) is 24.3 Å². The predicted octanol–water partition coefficient (Wildman–Crippen LogP) is 4.22. The second-order valence-electron chi connectivity index (χ2n) is 4.36. The monoisotopic (exact) mass is 399 g/mol. The maximum absolute atomic E-state index is 9.23. The summed E-state index contributed by atoms with van der Waals surface area (Å²) in [5.41, 5.74) is 2.29. The van der Waals surface area contributed by atoms with Gasteiger partial charge < -0.3 is 15.2 Å². The second kappa shape index (κ2) is 7.11. The van der Waals surface area contributed by atoms with E-state index in [1.165, 1.54) is 0 Å². The molecule has 0 heterocycles. The third-order valence-corrected chi connectivity index (χ3v) is 4.03. The Morgan fingerprint density at radius 2 is 1.55 bits per heavy atom. The van der Waals surface area contributed by atoms with Gasteiger partial charge in [0.25, 0.3) is 0 Å². The lowest BCUT2D eigenvalue weighted by Crippen LogP contribution is -2.12. The summed E-state index contributed by atoms with van der Waals surface area (Å²) in [5, 5.41) is 12.6. The molecule has 0 saturated heterocycles. The molecule has 0 aliphatic rings. The number of phenols is 1. The van der Waals surface area contributed by atoms with Crippen molar-refractivity contribution < 1.29 is 9.84 Å². The summed E-state index contributed by atoms with van der Waals surface area (Å²) in [7, 11) is 1.65. The number of ether oxygens (including phenoxy) is 1. The summed E-state index contributed by atoms with van der Waals surface area (Å²) < 4.78 is 7.13. The van der Waals surface area contributed by atoms with Gasteiger partial charge in [-0.2, -0.15) is 0 Å². The molecule has 2 aromatic carbocycles. The van der Waals surface area contributed by atoms with Crippen molar-refractivity contribution in [1.82, 2.24) is 5.32 Å². The van der Waals surface area contributed by atoms with Crippen molar-refractivity contribution in [3.05, 3.63) is 56.5 Å². The molecule has 2 aromatic rings. The van der Waals surface area contributed by atoms with Crippen molar-refractivity contribution in [3.8, 4) is 11.5 Å². The minimum atomic E-state index is 0.289. The molecule has 5 heteroatoms. The second-order valence-corrected chi connectivity index (χ2v) is 6.07. The zero-order chi connectivity index (χ0) is 14.5. The predicted molar refractivity (Wildman–Crippen MR) is 87.0 cm³/mol. The molecule has 106 valence electrons. The SMILES string of the molecule is COc1c(Br)cc(CNCc2ccc(O)cc2)cc1Br. The molecule has 0 spiro atoms. The van der Waals surface area contributed by atoms with Gasteiger partial charge in [-0.05, 0) is 67.3 Å². The quantitative estimate of drug-likeness (QED) is 0.789. The summed E-state index contributed by atoms with van der Waals surface area (Å²) in [6.45, 7) is 1.50. The number of halogens is 2. The van der Waals surface area contributed by atoms with Crippen LogP contribution in [0.25, 0.3) is 0 Å². The zero-order valence-electron chi connectivity index (χ0n) is 11.0. The van der Waals surface area contributed by atoms with Crippen LogP contribution in [-0.4, -0.2) is 12.2 Å². The van der Waals surface area contributed by atoms with Crippen molar-refractivity contribution in [2.24, 2.45) is 0 Å².